The Labute approximate surface area is 105 Å². The van der Waals surface area contributed by atoms with Gasteiger partial charge in [0.1, 0.15) is 0 Å². The highest BCUT2D eigenvalue weighted by Gasteiger charge is 2.36. The average Bonchev–Trinajstić information content (AvgIpc) is 2.72. The van der Waals surface area contributed by atoms with E-state index < -0.39 is 11.9 Å². The number of nitrogens with zero attached hydrogens (tertiary/aromatic N) is 1. The van der Waals surface area contributed by atoms with Crippen LogP contribution in [0, 0.1) is 11.8 Å². The minimum atomic E-state index is -0.820. The molecule has 1 aliphatic heterocycles. The highest BCUT2D eigenvalue weighted by molar-refractivity contribution is 5.87. The molecular weight excluding hydrogens is 236 g/mol. The summed E-state index contributed by atoms with van der Waals surface area (Å²) in [5, 5.41) is 11.6. The van der Waals surface area contributed by atoms with Crippen LogP contribution < -0.4 is 5.32 Å². The summed E-state index contributed by atoms with van der Waals surface area (Å²) in [6.07, 6.45) is 2.35. The molecule has 2 N–H and O–H groups in total. The molecule has 18 heavy (non-hydrogen) atoms. The summed E-state index contributed by atoms with van der Waals surface area (Å²) < 4.78 is 0. The number of carbonyl (C=O) groups is 3. The summed E-state index contributed by atoms with van der Waals surface area (Å²) in [5.41, 5.74) is 0. The second-order valence-corrected chi connectivity index (χ2v) is 5.01. The Hall–Kier alpha value is -1.59. The first-order valence-electron chi connectivity index (χ1n) is 6.36. The predicted molar refractivity (Wildman–Crippen MR) is 62.7 cm³/mol. The maximum absolute atomic E-state index is 12.2. The first-order chi connectivity index (χ1) is 8.58. The molecule has 1 saturated heterocycles. The van der Waals surface area contributed by atoms with Gasteiger partial charge in [0.05, 0.1) is 12.5 Å². The van der Waals surface area contributed by atoms with Crippen LogP contribution >= 0.6 is 0 Å². The molecule has 1 aliphatic carbocycles. The van der Waals surface area contributed by atoms with E-state index in [4.69, 9.17) is 5.11 Å². The molecule has 6 nitrogen and oxygen atoms in total. The molecule has 2 aliphatic rings. The van der Waals surface area contributed by atoms with E-state index in [1.165, 1.54) is 0 Å². The van der Waals surface area contributed by atoms with E-state index in [2.05, 4.69) is 5.32 Å². The van der Waals surface area contributed by atoms with E-state index >= 15 is 0 Å². The van der Waals surface area contributed by atoms with Gasteiger partial charge >= 0.3 is 5.97 Å². The van der Waals surface area contributed by atoms with Crippen molar-refractivity contribution in [2.75, 3.05) is 19.6 Å². The molecular formula is C12H18N2O4. The van der Waals surface area contributed by atoms with E-state index in [0.29, 0.717) is 32.4 Å². The van der Waals surface area contributed by atoms with Gasteiger partial charge in [-0.15, -0.1) is 0 Å². The van der Waals surface area contributed by atoms with Crippen LogP contribution in [0.25, 0.3) is 0 Å². The Morgan fingerprint density at radius 1 is 1.28 bits per heavy atom. The van der Waals surface area contributed by atoms with Crippen molar-refractivity contribution in [1.82, 2.24) is 10.2 Å². The standard InChI is InChI=1S/C12H18N2O4/c15-10-7-14(5-1-4-13-10)11(16)8-2-3-9(6-8)12(17)18/h8-9H,1-7H2,(H,13,15)(H,17,18)/t8-,9+/m1/s1. The third kappa shape index (κ3) is 2.80. The van der Waals surface area contributed by atoms with Crippen molar-refractivity contribution in [3.63, 3.8) is 0 Å². The average molecular weight is 254 g/mol. The van der Waals surface area contributed by atoms with Crippen LogP contribution in [0.2, 0.25) is 0 Å². The molecule has 0 unspecified atom stereocenters. The molecule has 0 bridgehead atoms. The molecule has 0 radical (unpaired) electrons. The maximum Gasteiger partial charge on any atom is 0.306 e. The van der Waals surface area contributed by atoms with Gasteiger partial charge in [-0.25, -0.2) is 0 Å². The number of nitrogens with one attached hydrogen (secondary N) is 1. The summed E-state index contributed by atoms with van der Waals surface area (Å²) in [4.78, 5) is 36.0. The quantitative estimate of drug-likeness (QED) is 0.716. The number of hydrogen-bond donors (Lipinski definition) is 2. The molecule has 2 rings (SSSR count). The van der Waals surface area contributed by atoms with Crippen molar-refractivity contribution in [2.24, 2.45) is 11.8 Å². The normalized spacial score (nSPS) is 28.7. The third-order valence-corrected chi connectivity index (χ3v) is 3.70. The van der Waals surface area contributed by atoms with Gasteiger partial charge < -0.3 is 15.3 Å². The second-order valence-electron chi connectivity index (χ2n) is 5.01. The number of amides is 2. The fraction of sp³-hybridized carbons (Fsp3) is 0.750. The number of hydrogen-bond acceptors (Lipinski definition) is 3. The van der Waals surface area contributed by atoms with Gasteiger partial charge in [0.25, 0.3) is 0 Å². The van der Waals surface area contributed by atoms with Gasteiger partial charge in [0.15, 0.2) is 0 Å². The zero-order valence-corrected chi connectivity index (χ0v) is 10.2. The lowest BCUT2D eigenvalue weighted by Crippen LogP contribution is -2.40. The topological polar surface area (TPSA) is 86.7 Å². The van der Waals surface area contributed by atoms with E-state index in [1.54, 1.807) is 4.90 Å². The second kappa shape index (κ2) is 5.37. The first kappa shape index (κ1) is 12.9. The SMILES string of the molecule is O=C1CN(C(=O)[C@@H]2CC[C@H](C(=O)O)C2)CCCN1. The van der Waals surface area contributed by atoms with Crippen LogP contribution in [0.4, 0.5) is 0 Å². The molecule has 100 valence electrons. The van der Waals surface area contributed by atoms with Crippen LogP contribution in [-0.2, 0) is 14.4 Å². The maximum atomic E-state index is 12.2. The molecule has 6 heteroatoms. The van der Waals surface area contributed by atoms with E-state index in [-0.39, 0.29) is 24.3 Å². The number of rotatable bonds is 2. The summed E-state index contributed by atoms with van der Waals surface area (Å²) in [6.45, 7) is 1.28. The fourth-order valence-electron chi connectivity index (χ4n) is 2.68. The lowest BCUT2D eigenvalue weighted by atomic mass is 10.0. The number of carboxylic acids is 1. The molecule has 2 atom stereocenters. The number of carboxylic acid groups (broad SMARTS) is 1. The monoisotopic (exact) mass is 254 g/mol. The minimum absolute atomic E-state index is 0.0594. The van der Waals surface area contributed by atoms with Gasteiger partial charge in [-0.3, -0.25) is 14.4 Å². The number of aliphatic carboxylic acids is 1. The van der Waals surface area contributed by atoms with E-state index in [9.17, 15) is 14.4 Å². The molecule has 0 aromatic rings. The number of carbonyl (C=O) groups excluding carboxylic acids is 2. The van der Waals surface area contributed by atoms with E-state index in [1.807, 2.05) is 0 Å². The minimum Gasteiger partial charge on any atom is -0.481 e. The zero-order valence-electron chi connectivity index (χ0n) is 10.2. The third-order valence-electron chi connectivity index (χ3n) is 3.70. The smallest absolute Gasteiger partial charge is 0.306 e. The first-order valence-corrected chi connectivity index (χ1v) is 6.36. The molecule has 2 amide bonds. The highest BCUT2D eigenvalue weighted by atomic mass is 16.4. The van der Waals surface area contributed by atoms with Crippen LogP contribution in [0.15, 0.2) is 0 Å². The molecule has 1 heterocycles. The Kier molecular flexibility index (Phi) is 3.84. The van der Waals surface area contributed by atoms with E-state index in [0.717, 1.165) is 6.42 Å². The van der Waals surface area contributed by atoms with Crippen LogP contribution in [-0.4, -0.2) is 47.4 Å². The predicted octanol–water partition coefficient (Wildman–Crippen LogP) is -0.164. The van der Waals surface area contributed by atoms with Crippen molar-refractivity contribution in [1.29, 1.82) is 0 Å². The fourth-order valence-corrected chi connectivity index (χ4v) is 2.68. The summed E-state index contributed by atoms with van der Waals surface area (Å²) in [6, 6.07) is 0. The van der Waals surface area contributed by atoms with Gasteiger partial charge in [-0.05, 0) is 25.7 Å². The Balaban J connectivity index is 1.94. The largest absolute Gasteiger partial charge is 0.481 e. The van der Waals surface area contributed by atoms with Crippen molar-refractivity contribution in [3.05, 3.63) is 0 Å². The van der Waals surface area contributed by atoms with Gasteiger partial charge in [-0.2, -0.15) is 0 Å². The molecule has 0 aromatic carbocycles. The van der Waals surface area contributed by atoms with Gasteiger partial charge in [-0.1, -0.05) is 0 Å². The van der Waals surface area contributed by atoms with Crippen molar-refractivity contribution in [2.45, 2.75) is 25.7 Å². The Morgan fingerprint density at radius 2 is 2.00 bits per heavy atom. The highest BCUT2D eigenvalue weighted by Crippen LogP contribution is 2.32. The molecule has 0 spiro atoms. The van der Waals surface area contributed by atoms with Gasteiger partial charge in [0, 0.05) is 19.0 Å². The molecule has 0 aromatic heterocycles. The van der Waals surface area contributed by atoms with Crippen LogP contribution in [0.1, 0.15) is 25.7 Å². The Bertz CT molecular complexity index is 369. The summed E-state index contributed by atoms with van der Waals surface area (Å²) in [7, 11) is 0. The van der Waals surface area contributed by atoms with Gasteiger partial charge in [0.2, 0.25) is 11.8 Å². The van der Waals surface area contributed by atoms with Crippen LogP contribution in [0.3, 0.4) is 0 Å². The lowest BCUT2D eigenvalue weighted by Gasteiger charge is -2.22. The zero-order chi connectivity index (χ0) is 13.1. The lowest BCUT2D eigenvalue weighted by molar-refractivity contribution is -0.142. The summed E-state index contributed by atoms with van der Waals surface area (Å²) in [5.74, 6) is -1.64. The van der Waals surface area contributed by atoms with Crippen molar-refractivity contribution < 1.29 is 19.5 Å². The van der Waals surface area contributed by atoms with Crippen molar-refractivity contribution in [3.8, 4) is 0 Å². The van der Waals surface area contributed by atoms with Crippen LogP contribution in [0.5, 0.6) is 0 Å². The summed E-state index contributed by atoms with van der Waals surface area (Å²) >= 11 is 0. The van der Waals surface area contributed by atoms with Crippen molar-refractivity contribution >= 4 is 17.8 Å². The molecule has 1 saturated carbocycles. The Morgan fingerprint density at radius 3 is 2.67 bits per heavy atom. The molecule has 2 fully saturated rings.